The van der Waals surface area contributed by atoms with Crippen LogP contribution < -0.4 is 5.32 Å². The maximum absolute atomic E-state index is 12.1. The van der Waals surface area contributed by atoms with Gasteiger partial charge in [0.15, 0.2) is 5.78 Å². The topological polar surface area (TPSA) is 46.2 Å². The van der Waals surface area contributed by atoms with Gasteiger partial charge in [-0.25, -0.2) is 0 Å². The first kappa shape index (κ1) is 12.3. The molecule has 1 amide bonds. The number of amides is 1. The van der Waals surface area contributed by atoms with Crippen LogP contribution in [0.4, 0.5) is 5.69 Å². The summed E-state index contributed by atoms with van der Waals surface area (Å²) in [7, 11) is 0. The van der Waals surface area contributed by atoms with Crippen molar-refractivity contribution < 1.29 is 9.59 Å². The van der Waals surface area contributed by atoms with Crippen LogP contribution in [0.25, 0.3) is 5.57 Å². The molecule has 0 fully saturated rings. The number of fused-ring (bicyclic) bond motifs is 1. The summed E-state index contributed by atoms with van der Waals surface area (Å²) in [6.07, 6.45) is 1.40. The number of carbonyl (C=O) groups excluding carboxylic acids is 2. The molecule has 1 aliphatic heterocycles. The first-order valence-corrected chi connectivity index (χ1v) is 7.18. The number of nitrogens with one attached hydrogen (secondary N) is 1. The van der Waals surface area contributed by atoms with Crippen molar-refractivity contribution in [1.82, 2.24) is 0 Å². The van der Waals surface area contributed by atoms with Gasteiger partial charge < -0.3 is 5.32 Å². The van der Waals surface area contributed by atoms with Gasteiger partial charge in [-0.1, -0.05) is 18.2 Å². The Morgan fingerprint density at radius 1 is 1.21 bits per heavy atom. The van der Waals surface area contributed by atoms with Gasteiger partial charge in [-0.2, -0.15) is 0 Å². The third-order valence-corrected chi connectivity index (χ3v) is 4.44. The maximum Gasteiger partial charge on any atom is 0.256 e. The van der Waals surface area contributed by atoms with Crippen molar-refractivity contribution >= 4 is 50.2 Å². The average Bonchev–Trinajstić information content (AvgIpc) is 2.95. The van der Waals surface area contributed by atoms with Crippen LogP contribution in [0.1, 0.15) is 15.2 Å². The second-order valence-corrected chi connectivity index (χ2v) is 6.49. The molecule has 3 rings (SSSR count). The standard InChI is InChI=1S/C14H8BrNO2S/c15-13-6-5-12(19-13)11(17)7-9-8-3-1-2-4-10(8)16-14(9)18/h1-7H,(H,16,18)/b9-7-. The van der Waals surface area contributed by atoms with Gasteiger partial charge in [0.25, 0.3) is 5.91 Å². The van der Waals surface area contributed by atoms with Crippen molar-refractivity contribution in [1.29, 1.82) is 0 Å². The van der Waals surface area contributed by atoms with E-state index in [2.05, 4.69) is 21.2 Å². The second kappa shape index (κ2) is 4.75. The van der Waals surface area contributed by atoms with Crippen LogP contribution in [0, 0.1) is 0 Å². The number of rotatable bonds is 2. The Morgan fingerprint density at radius 3 is 2.74 bits per heavy atom. The molecule has 1 N–H and O–H groups in total. The zero-order valence-electron chi connectivity index (χ0n) is 9.64. The van der Waals surface area contributed by atoms with E-state index >= 15 is 0 Å². The fourth-order valence-corrected chi connectivity index (χ4v) is 3.23. The molecule has 0 saturated heterocycles. The molecule has 0 bridgehead atoms. The van der Waals surface area contributed by atoms with E-state index in [9.17, 15) is 9.59 Å². The summed E-state index contributed by atoms with van der Waals surface area (Å²) in [6, 6.07) is 10.9. The molecule has 0 spiro atoms. The second-order valence-electron chi connectivity index (χ2n) is 4.03. The first-order valence-electron chi connectivity index (χ1n) is 5.57. The molecule has 1 aromatic heterocycles. The third-order valence-electron chi connectivity index (χ3n) is 2.80. The summed E-state index contributed by atoms with van der Waals surface area (Å²) in [5, 5.41) is 2.74. The number of hydrogen-bond donors (Lipinski definition) is 1. The number of hydrogen-bond acceptors (Lipinski definition) is 3. The number of ketones is 1. The Balaban J connectivity index is 2.00. The number of benzene rings is 1. The van der Waals surface area contributed by atoms with Crippen LogP contribution in [-0.4, -0.2) is 11.7 Å². The van der Waals surface area contributed by atoms with Gasteiger partial charge in [-0.3, -0.25) is 9.59 Å². The van der Waals surface area contributed by atoms with Gasteiger partial charge in [-0.05, 0) is 34.1 Å². The minimum Gasteiger partial charge on any atom is -0.321 e. The zero-order valence-corrected chi connectivity index (χ0v) is 12.0. The fraction of sp³-hybridized carbons (Fsp3) is 0. The highest BCUT2D eigenvalue weighted by atomic mass is 79.9. The molecule has 94 valence electrons. The molecule has 0 unspecified atom stereocenters. The van der Waals surface area contributed by atoms with E-state index < -0.39 is 0 Å². The molecule has 1 aromatic carbocycles. The lowest BCUT2D eigenvalue weighted by atomic mass is 10.1. The summed E-state index contributed by atoms with van der Waals surface area (Å²) < 4.78 is 0.894. The van der Waals surface area contributed by atoms with E-state index in [1.54, 1.807) is 6.07 Å². The molecule has 1 aliphatic rings. The minimum atomic E-state index is -0.231. The molecule has 2 aromatic rings. The van der Waals surface area contributed by atoms with E-state index in [0.29, 0.717) is 10.5 Å². The minimum absolute atomic E-state index is 0.155. The summed E-state index contributed by atoms with van der Waals surface area (Å²) in [5.41, 5.74) is 1.94. The Morgan fingerprint density at radius 2 is 2.00 bits per heavy atom. The van der Waals surface area contributed by atoms with Crippen LogP contribution in [0.5, 0.6) is 0 Å². The Kier molecular flexibility index (Phi) is 3.08. The molecule has 0 radical (unpaired) electrons. The number of thiophene rings is 1. The predicted octanol–water partition coefficient (Wildman–Crippen LogP) is 3.73. The van der Waals surface area contributed by atoms with Gasteiger partial charge in [0.2, 0.25) is 0 Å². The van der Waals surface area contributed by atoms with Crippen molar-refractivity contribution in [3.8, 4) is 0 Å². The zero-order chi connectivity index (χ0) is 13.4. The van der Waals surface area contributed by atoms with E-state index in [0.717, 1.165) is 15.0 Å². The van der Waals surface area contributed by atoms with Crippen LogP contribution in [-0.2, 0) is 4.79 Å². The fourth-order valence-electron chi connectivity index (χ4n) is 1.93. The van der Waals surface area contributed by atoms with E-state index in [1.165, 1.54) is 17.4 Å². The quantitative estimate of drug-likeness (QED) is 0.672. The molecule has 0 atom stereocenters. The molecule has 3 nitrogen and oxygen atoms in total. The number of para-hydroxylation sites is 1. The van der Waals surface area contributed by atoms with E-state index in [4.69, 9.17) is 0 Å². The molecule has 0 saturated carbocycles. The molecular formula is C14H8BrNO2S. The van der Waals surface area contributed by atoms with Gasteiger partial charge in [0, 0.05) is 17.3 Å². The molecule has 2 heterocycles. The SMILES string of the molecule is O=C1Nc2ccccc2/C1=C/C(=O)c1ccc(Br)s1. The smallest absolute Gasteiger partial charge is 0.256 e. The van der Waals surface area contributed by atoms with Crippen molar-refractivity contribution in [3.05, 3.63) is 56.7 Å². The van der Waals surface area contributed by atoms with Gasteiger partial charge in [0.05, 0.1) is 14.2 Å². The Labute approximate surface area is 122 Å². The molecule has 5 heteroatoms. The first-order chi connectivity index (χ1) is 9.15. The summed E-state index contributed by atoms with van der Waals surface area (Å²) in [5.74, 6) is -0.386. The lowest BCUT2D eigenvalue weighted by Gasteiger charge is -1.96. The largest absolute Gasteiger partial charge is 0.321 e. The number of carbonyl (C=O) groups is 2. The van der Waals surface area contributed by atoms with Crippen LogP contribution in [0.15, 0.2) is 46.3 Å². The highest BCUT2D eigenvalue weighted by Gasteiger charge is 2.24. The van der Waals surface area contributed by atoms with Gasteiger partial charge >= 0.3 is 0 Å². The van der Waals surface area contributed by atoms with Gasteiger partial charge in [-0.15, -0.1) is 11.3 Å². The monoisotopic (exact) mass is 333 g/mol. The van der Waals surface area contributed by atoms with Gasteiger partial charge in [0.1, 0.15) is 0 Å². The average molecular weight is 334 g/mol. The number of halogens is 1. The lowest BCUT2D eigenvalue weighted by Crippen LogP contribution is -2.05. The third kappa shape index (κ3) is 2.27. The maximum atomic E-state index is 12.1. The van der Waals surface area contributed by atoms with Crippen LogP contribution >= 0.6 is 27.3 Å². The van der Waals surface area contributed by atoms with Crippen LogP contribution in [0.2, 0.25) is 0 Å². The Hall–Kier alpha value is -1.72. The Bertz CT molecular complexity index is 718. The summed E-state index contributed by atoms with van der Waals surface area (Å²) in [4.78, 5) is 24.6. The predicted molar refractivity (Wildman–Crippen MR) is 79.4 cm³/mol. The summed E-state index contributed by atoms with van der Waals surface area (Å²) >= 11 is 4.67. The lowest BCUT2D eigenvalue weighted by molar-refractivity contribution is -0.110. The van der Waals surface area contributed by atoms with Crippen molar-refractivity contribution in [2.45, 2.75) is 0 Å². The number of allylic oxidation sites excluding steroid dienone is 1. The highest BCUT2D eigenvalue weighted by Crippen LogP contribution is 2.32. The normalized spacial score (nSPS) is 15.4. The van der Waals surface area contributed by atoms with Crippen molar-refractivity contribution in [2.75, 3.05) is 5.32 Å². The molecule has 19 heavy (non-hydrogen) atoms. The van der Waals surface area contributed by atoms with Crippen molar-refractivity contribution in [3.63, 3.8) is 0 Å². The van der Waals surface area contributed by atoms with E-state index in [1.807, 2.05) is 30.3 Å². The molecule has 0 aliphatic carbocycles. The van der Waals surface area contributed by atoms with E-state index in [-0.39, 0.29) is 11.7 Å². The summed E-state index contributed by atoms with van der Waals surface area (Å²) in [6.45, 7) is 0. The molecular weight excluding hydrogens is 326 g/mol. The van der Waals surface area contributed by atoms with Crippen LogP contribution in [0.3, 0.4) is 0 Å². The number of anilines is 1. The van der Waals surface area contributed by atoms with Crippen molar-refractivity contribution in [2.24, 2.45) is 0 Å². The highest BCUT2D eigenvalue weighted by molar-refractivity contribution is 9.11.